The quantitative estimate of drug-likeness (QED) is 0.609. The van der Waals surface area contributed by atoms with Gasteiger partial charge in [0.2, 0.25) is 5.91 Å². The maximum atomic E-state index is 12.7. The van der Waals surface area contributed by atoms with Crippen molar-refractivity contribution in [3.05, 3.63) is 30.1 Å². The van der Waals surface area contributed by atoms with Crippen molar-refractivity contribution >= 4 is 17.7 Å². The van der Waals surface area contributed by atoms with Gasteiger partial charge in [0.15, 0.2) is 0 Å². The van der Waals surface area contributed by atoms with Gasteiger partial charge in [-0.1, -0.05) is 0 Å². The topological polar surface area (TPSA) is 41.1 Å². The van der Waals surface area contributed by atoms with Crippen LogP contribution in [0.5, 0.6) is 0 Å². The van der Waals surface area contributed by atoms with Crippen LogP contribution in [0.2, 0.25) is 0 Å². The molecule has 0 aromatic heterocycles. The fraction of sp³-hybridized carbons (Fsp3) is 0.462. The van der Waals surface area contributed by atoms with E-state index >= 15 is 0 Å². The fourth-order valence-electron chi connectivity index (χ4n) is 1.62. The van der Waals surface area contributed by atoms with Crippen LogP contribution < -0.4 is 10.6 Å². The Labute approximate surface area is 111 Å². The minimum Gasteiger partial charge on any atom is -0.356 e. The number of thioether (sulfide) groups is 1. The number of amides is 1. The van der Waals surface area contributed by atoms with E-state index in [-0.39, 0.29) is 17.6 Å². The van der Waals surface area contributed by atoms with Crippen LogP contribution in [0.15, 0.2) is 29.2 Å². The van der Waals surface area contributed by atoms with Gasteiger partial charge in [-0.25, -0.2) is 4.39 Å². The summed E-state index contributed by atoms with van der Waals surface area (Å²) < 4.78 is 12.7. The Hall–Kier alpha value is -1.07. The lowest BCUT2D eigenvalue weighted by Gasteiger charge is -2.25. The predicted octanol–water partition coefficient (Wildman–Crippen LogP) is 1.64. The van der Waals surface area contributed by atoms with Crippen LogP contribution in [0, 0.1) is 11.7 Å². The maximum Gasteiger partial charge on any atom is 0.225 e. The number of carbonyl (C=O) groups excluding carboxylic acids is 1. The first-order valence-electron chi connectivity index (χ1n) is 6.12. The van der Waals surface area contributed by atoms with Gasteiger partial charge in [-0.15, -0.1) is 11.8 Å². The van der Waals surface area contributed by atoms with Crippen molar-refractivity contribution in [2.45, 2.75) is 11.3 Å². The molecule has 1 aliphatic heterocycles. The number of carbonyl (C=O) groups is 1. The minimum atomic E-state index is -0.208. The average Bonchev–Trinajstić information content (AvgIpc) is 2.29. The van der Waals surface area contributed by atoms with Crippen LogP contribution in [0.1, 0.15) is 6.42 Å². The molecular weight excluding hydrogens is 251 g/mol. The van der Waals surface area contributed by atoms with E-state index in [0.29, 0.717) is 6.54 Å². The Morgan fingerprint density at radius 3 is 2.72 bits per heavy atom. The maximum absolute atomic E-state index is 12.7. The molecule has 0 unspecified atom stereocenters. The highest BCUT2D eigenvalue weighted by atomic mass is 32.2. The second kappa shape index (κ2) is 6.75. The van der Waals surface area contributed by atoms with Gasteiger partial charge >= 0.3 is 0 Å². The zero-order valence-corrected chi connectivity index (χ0v) is 10.9. The molecule has 0 aliphatic carbocycles. The summed E-state index contributed by atoms with van der Waals surface area (Å²) in [5.41, 5.74) is 0. The molecule has 2 rings (SSSR count). The van der Waals surface area contributed by atoms with Crippen molar-refractivity contribution in [3.63, 3.8) is 0 Å². The normalized spacial score (nSPS) is 15.2. The highest BCUT2D eigenvalue weighted by Gasteiger charge is 2.23. The zero-order valence-electron chi connectivity index (χ0n) is 10.1. The van der Waals surface area contributed by atoms with E-state index in [4.69, 9.17) is 0 Å². The molecule has 0 atom stereocenters. The van der Waals surface area contributed by atoms with Gasteiger partial charge in [0, 0.05) is 24.5 Å². The number of hydrogen-bond donors (Lipinski definition) is 2. The fourth-order valence-corrected chi connectivity index (χ4v) is 2.48. The summed E-state index contributed by atoms with van der Waals surface area (Å²) >= 11 is 1.68. The van der Waals surface area contributed by atoms with Gasteiger partial charge in [-0.05, 0) is 36.4 Å². The van der Waals surface area contributed by atoms with Gasteiger partial charge in [-0.2, -0.15) is 0 Å². The van der Waals surface area contributed by atoms with Crippen molar-refractivity contribution in [2.24, 2.45) is 5.92 Å². The van der Waals surface area contributed by atoms with E-state index in [0.717, 1.165) is 30.2 Å². The third-order valence-corrected chi connectivity index (χ3v) is 3.95. The zero-order chi connectivity index (χ0) is 12.8. The average molecular weight is 268 g/mol. The Morgan fingerprint density at radius 2 is 2.11 bits per heavy atom. The number of nitrogens with one attached hydrogen (secondary N) is 2. The molecule has 1 aliphatic rings. The summed E-state index contributed by atoms with van der Waals surface area (Å²) in [5.74, 6) is 1.03. The van der Waals surface area contributed by atoms with Crippen LogP contribution in [-0.4, -0.2) is 31.3 Å². The van der Waals surface area contributed by atoms with E-state index in [9.17, 15) is 9.18 Å². The first kappa shape index (κ1) is 13.4. The standard InChI is InChI=1S/C13H17FN2OS/c14-11-2-4-12(5-3-11)18-7-1-6-16-13(17)10-8-15-9-10/h2-5,10,15H,1,6-9H2,(H,16,17). The van der Waals surface area contributed by atoms with Gasteiger partial charge < -0.3 is 10.6 Å². The minimum absolute atomic E-state index is 0.153. The van der Waals surface area contributed by atoms with E-state index in [1.807, 2.05) is 0 Å². The second-order valence-electron chi connectivity index (χ2n) is 4.30. The van der Waals surface area contributed by atoms with Crippen molar-refractivity contribution in [3.8, 4) is 0 Å². The molecule has 1 heterocycles. The number of halogens is 1. The lowest BCUT2D eigenvalue weighted by Crippen LogP contribution is -2.50. The Morgan fingerprint density at radius 1 is 1.39 bits per heavy atom. The molecular formula is C13H17FN2OS. The van der Waals surface area contributed by atoms with Crippen LogP contribution in [0.25, 0.3) is 0 Å². The molecule has 1 aromatic carbocycles. The SMILES string of the molecule is O=C(NCCCSc1ccc(F)cc1)C1CNC1. The van der Waals surface area contributed by atoms with E-state index in [2.05, 4.69) is 10.6 Å². The molecule has 18 heavy (non-hydrogen) atoms. The Bertz CT molecular complexity index is 392. The van der Waals surface area contributed by atoms with Crippen LogP contribution in [0.3, 0.4) is 0 Å². The third-order valence-electron chi connectivity index (χ3n) is 2.85. The molecule has 0 bridgehead atoms. The van der Waals surface area contributed by atoms with Crippen molar-refractivity contribution in [1.29, 1.82) is 0 Å². The lowest BCUT2D eigenvalue weighted by atomic mass is 10.0. The molecule has 3 nitrogen and oxygen atoms in total. The van der Waals surface area contributed by atoms with Crippen LogP contribution >= 0.6 is 11.8 Å². The molecule has 0 radical (unpaired) electrons. The van der Waals surface area contributed by atoms with E-state index in [1.165, 1.54) is 12.1 Å². The molecule has 0 spiro atoms. The van der Waals surface area contributed by atoms with Gasteiger partial charge in [-0.3, -0.25) is 4.79 Å². The summed E-state index contributed by atoms with van der Waals surface area (Å²) in [5, 5.41) is 6.00. The first-order chi connectivity index (χ1) is 8.75. The molecule has 1 fully saturated rings. The lowest BCUT2D eigenvalue weighted by molar-refractivity contribution is -0.126. The summed E-state index contributed by atoms with van der Waals surface area (Å²) in [4.78, 5) is 12.6. The smallest absolute Gasteiger partial charge is 0.225 e. The summed E-state index contributed by atoms with van der Waals surface area (Å²) in [6.07, 6.45) is 0.925. The largest absolute Gasteiger partial charge is 0.356 e. The van der Waals surface area contributed by atoms with Crippen LogP contribution in [-0.2, 0) is 4.79 Å². The molecule has 1 saturated heterocycles. The Balaban J connectivity index is 1.55. The van der Waals surface area contributed by atoms with Crippen molar-refractivity contribution < 1.29 is 9.18 Å². The van der Waals surface area contributed by atoms with Gasteiger partial charge in [0.05, 0.1) is 5.92 Å². The first-order valence-corrected chi connectivity index (χ1v) is 7.11. The molecule has 1 aromatic rings. The molecule has 2 N–H and O–H groups in total. The molecule has 1 amide bonds. The van der Waals surface area contributed by atoms with Gasteiger partial charge in [0.25, 0.3) is 0 Å². The number of hydrogen-bond acceptors (Lipinski definition) is 3. The molecule has 5 heteroatoms. The third kappa shape index (κ3) is 3.99. The second-order valence-corrected chi connectivity index (χ2v) is 5.47. The highest BCUT2D eigenvalue weighted by molar-refractivity contribution is 7.99. The van der Waals surface area contributed by atoms with Gasteiger partial charge in [0.1, 0.15) is 5.82 Å². The molecule has 98 valence electrons. The summed E-state index contributed by atoms with van der Waals surface area (Å²) in [7, 11) is 0. The van der Waals surface area contributed by atoms with Crippen LogP contribution in [0.4, 0.5) is 4.39 Å². The van der Waals surface area contributed by atoms with Crippen molar-refractivity contribution in [2.75, 3.05) is 25.4 Å². The highest BCUT2D eigenvalue weighted by Crippen LogP contribution is 2.18. The van der Waals surface area contributed by atoms with Crippen molar-refractivity contribution in [1.82, 2.24) is 10.6 Å². The van der Waals surface area contributed by atoms with E-state index < -0.39 is 0 Å². The van der Waals surface area contributed by atoms with E-state index in [1.54, 1.807) is 23.9 Å². The monoisotopic (exact) mass is 268 g/mol. The Kier molecular flexibility index (Phi) is 5.01. The molecule has 0 saturated carbocycles. The number of benzene rings is 1. The summed E-state index contributed by atoms with van der Waals surface area (Å²) in [6, 6.07) is 6.48. The predicted molar refractivity (Wildman–Crippen MR) is 71.1 cm³/mol. The number of rotatable bonds is 6. The summed E-state index contributed by atoms with van der Waals surface area (Å²) in [6.45, 7) is 2.32.